The Morgan fingerprint density at radius 1 is 1.59 bits per heavy atom. The summed E-state index contributed by atoms with van der Waals surface area (Å²) in [4.78, 5) is 23.1. The highest BCUT2D eigenvalue weighted by molar-refractivity contribution is 5.95. The standard InChI is InChI=1S/C11H17N3O3/c1-5-14-9(6-7(2)13-14)10(15)12-8(3)11(16)17-4/h6,8H,5H2,1-4H3,(H,12,15). The monoisotopic (exact) mass is 239 g/mol. The number of ether oxygens (including phenoxy) is 1. The van der Waals surface area contributed by atoms with Crippen LogP contribution >= 0.6 is 0 Å². The summed E-state index contributed by atoms with van der Waals surface area (Å²) in [5.74, 6) is -0.803. The molecule has 1 aromatic heterocycles. The Balaban J connectivity index is 2.79. The van der Waals surface area contributed by atoms with Crippen molar-refractivity contribution in [1.29, 1.82) is 0 Å². The van der Waals surface area contributed by atoms with Crippen LogP contribution in [-0.2, 0) is 16.1 Å². The van der Waals surface area contributed by atoms with Gasteiger partial charge >= 0.3 is 5.97 Å². The number of amides is 1. The second-order valence-corrected chi connectivity index (χ2v) is 3.71. The lowest BCUT2D eigenvalue weighted by atomic mass is 10.3. The highest BCUT2D eigenvalue weighted by Crippen LogP contribution is 2.04. The number of methoxy groups -OCH3 is 1. The van der Waals surface area contributed by atoms with Gasteiger partial charge in [-0.15, -0.1) is 0 Å². The van der Waals surface area contributed by atoms with Gasteiger partial charge in [-0.05, 0) is 26.8 Å². The van der Waals surface area contributed by atoms with Crippen LogP contribution in [0.2, 0.25) is 0 Å². The summed E-state index contributed by atoms with van der Waals surface area (Å²) in [7, 11) is 1.28. The van der Waals surface area contributed by atoms with Crippen LogP contribution in [0.4, 0.5) is 0 Å². The van der Waals surface area contributed by atoms with E-state index in [1.807, 2.05) is 13.8 Å². The molecule has 1 atom stereocenters. The van der Waals surface area contributed by atoms with Crippen LogP contribution in [0.3, 0.4) is 0 Å². The largest absolute Gasteiger partial charge is 0.467 e. The molecular weight excluding hydrogens is 222 g/mol. The minimum atomic E-state index is -0.673. The van der Waals surface area contributed by atoms with Crippen LogP contribution in [0.1, 0.15) is 30.0 Å². The zero-order valence-corrected chi connectivity index (χ0v) is 10.5. The molecule has 1 N–H and O–H groups in total. The quantitative estimate of drug-likeness (QED) is 0.777. The number of aryl methyl sites for hydroxylation is 2. The molecule has 17 heavy (non-hydrogen) atoms. The number of hydrogen-bond donors (Lipinski definition) is 1. The first-order chi connectivity index (χ1) is 7.99. The topological polar surface area (TPSA) is 73.2 Å². The SMILES string of the molecule is CCn1nc(C)cc1C(=O)NC(C)C(=O)OC. The van der Waals surface area contributed by atoms with Crippen molar-refractivity contribution in [2.45, 2.75) is 33.4 Å². The van der Waals surface area contributed by atoms with Gasteiger partial charge in [-0.25, -0.2) is 4.79 Å². The van der Waals surface area contributed by atoms with Crippen molar-refractivity contribution < 1.29 is 14.3 Å². The van der Waals surface area contributed by atoms with E-state index in [0.29, 0.717) is 12.2 Å². The Kier molecular flexibility index (Phi) is 4.25. The van der Waals surface area contributed by atoms with E-state index in [2.05, 4.69) is 15.2 Å². The smallest absolute Gasteiger partial charge is 0.328 e. The number of esters is 1. The zero-order valence-electron chi connectivity index (χ0n) is 10.5. The molecule has 0 saturated carbocycles. The first kappa shape index (κ1) is 13.2. The Morgan fingerprint density at radius 2 is 2.24 bits per heavy atom. The summed E-state index contributed by atoms with van der Waals surface area (Å²) in [6.45, 7) is 5.88. The molecule has 94 valence electrons. The molecule has 0 saturated heterocycles. The van der Waals surface area contributed by atoms with Crippen molar-refractivity contribution in [3.63, 3.8) is 0 Å². The average Bonchev–Trinajstić information content (AvgIpc) is 2.69. The number of carbonyl (C=O) groups is 2. The Bertz CT molecular complexity index is 426. The molecule has 0 spiro atoms. The molecule has 6 nitrogen and oxygen atoms in total. The Labute approximate surface area is 99.9 Å². The molecule has 1 amide bonds. The molecule has 0 aliphatic heterocycles. The summed E-state index contributed by atoms with van der Waals surface area (Å²) in [5.41, 5.74) is 1.21. The van der Waals surface area contributed by atoms with Crippen LogP contribution in [0.15, 0.2) is 6.07 Å². The molecule has 0 aliphatic carbocycles. The van der Waals surface area contributed by atoms with Gasteiger partial charge in [-0.2, -0.15) is 5.10 Å². The maximum absolute atomic E-state index is 11.9. The van der Waals surface area contributed by atoms with E-state index in [1.54, 1.807) is 17.7 Å². The number of hydrogen-bond acceptors (Lipinski definition) is 4. The summed E-state index contributed by atoms with van der Waals surface area (Å²) in [6, 6.07) is 1.01. The highest BCUT2D eigenvalue weighted by atomic mass is 16.5. The van der Waals surface area contributed by atoms with Crippen LogP contribution in [-0.4, -0.2) is 34.8 Å². The predicted octanol–water partition coefficient (Wildman–Crippen LogP) is 0.503. The minimum Gasteiger partial charge on any atom is -0.467 e. The first-order valence-electron chi connectivity index (χ1n) is 5.42. The summed E-state index contributed by atoms with van der Waals surface area (Å²) in [5, 5.41) is 6.72. The van der Waals surface area contributed by atoms with Crippen LogP contribution < -0.4 is 5.32 Å². The third kappa shape index (κ3) is 3.05. The van der Waals surface area contributed by atoms with Crippen LogP contribution in [0.25, 0.3) is 0 Å². The molecule has 0 aliphatic rings. The fourth-order valence-electron chi connectivity index (χ4n) is 1.48. The van der Waals surface area contributed by atoms with E-state index in [1.165, 1.54) is 7.11 Å². The predicted molar refractivity (Wildman–Crippen MR) is 61.6 cm³/mol. The molecule has 0 aromatic carbocycles. The molecule has 1 heterocycles. The van der Waals surface area contributed by atoms with Gasteiger partial charge in [-0.1, -0.05) is 0 Å². The number of carbonyl (C=O) groups excluding carboxylic acids is 2. The van der Waals surface area contributed by atoms with Gasteiger partial charge in [0.2, 0.25) is 0 Å². The van der Waals surface area contributed by atoms with Gasteiger partial charge in [0.25, 0.3) is 5.91 Å². The molecule has 1 unspecified atom stereocenters. The van der Waals surface area contributed by atoms with Gasteiger partial charge < -0.3 is 10.1 Å². The molecule has 1 rings (SSSR count). The number of aromatic nitrogens is 2. The zero-order chi connectivity index (χ0) is 13.0. The molecule has 1 aromatic rings. The maximum atomic E-state index is 11.9. The van der Waals surface area contributed by atoms with Crippen LogP contribution in [0.5, 0.6) is 0 Å². The lowest BCUT2D eigenvalue weighted by Gasteiger charge is -2.11. The number of nitrogens with zero attached hydrogens (tertiary/aromatic N) is 2. The number of nitrogens with one attached hydrogen (secondary N) is 1. The summed E-state index contributed by atoms with van der Waals surface area (Å²) >= 11 is 0. The van der Waals surface area contributed by atoms with Crippen molar-refractivity contribution in [2.75, 3.05) is 7.11 Å². The maximum Gasteiger partial charge on any atom is 0.328 e. The van der Waals surface area contributed by atoms with Gasteiger partial charge in [0, 0.05) is 6.54 Å². The van der Waals surface area contributed by atoms with Crippen molar-refractivity contribution in [3.05, 3.63) is 17.5 Å². The third-order valence-corrected chi connectivity index (χ3v) is 2.34. The molecule has 0 radical (unpaired) electrons. The van der Waals surface area contributed by atoms with E-state index in [4.69, 9.17) is 0 Å². The second-order valence-electron chi connectivity index (χ2n) is 3.71. The lowest BCUT2D eigenvalue weighted by molar-refractivity contribution is -0.142. The minimum absolute atomic E-state index is 0.328. The van der Waals surface area contributed by atoms with Crippen LogP contribution in [0, 0.1) is 6.92 Å². The van der Waals surface area contributed by atoms with E-state index < -0.39 is 12.0 Å². The van der Waals surface area contributed by atoms with Crippen molar-refractivity contribution in [1.82, 2.24) is 15.1 Å². The normalized spacial score (nSPS) is 12.0. The van der Waals surface area contributed by atoms with Crippen molar-refractivity contribution >= 4 is 11.9 Å². The fourth-order valence-corrected chi connectivity index (χ4v) is 1.48. The van der Waals surface area contributed by atoms with E-state index >= 15 is 0 Å². The van der Waals surface area contributed by atoms with Crippen molar-refractivity contribution in [3.8, 4) is 0 Å². The highest BCUT2D eigenvalue weighted by Gasteiger charge is 2.19. The number of rotatable bonds is 4. The summed E-state index contributed by atoms with van der Waals surface area (Å²) in [6.07, 6.45) is 0. The van der Waals surface area contributed by atoms with Gasteiger partial charge in [-0.3, -0.25) is 9.48 Å². The summed E-state index contributed by atoms with van der Waals surface area (Å²) < 4.78 is 6.13. The fraction of sp³-hybridized carbons (Fsp3) is 0.545. The first-order valence-corrected chi connectivity index (χ1v) is 5.42. The third-order valence-electron chi connectivity index (χ3n) is 2.34. The molecule has 0 bridgehead atoms. The lowest BCUT2D eigenvalue weighted by Crippen LogP contribution is -2.40. The van der Waals surface area contributed by atoms with Gasteiger partial charge in [0.05, 0.1) is 12.8 Å². The van der Waals surface area contributed by atoms with Gasteiger partial charge in [0.1, 0.15) is 11.7 Å². The Morgan fingerprint density at radius 3 is 2.76 bits per heavy atom. The van der Waals surface area contributed by atoms with E-state index in [-0.39, 0.29) is 5.91 Å². The average molecular weight is 239 g/mol. The van der Waals surface area contributed by atoms with Gasteiger partial charge in [0.15, 0.2) is 0 Å². The molecule has 0 fully saturated rings. The van der Waals surface area contributed by atoms with Crippen molar-refractivity contribution in [2.24, 2.45) is 0 Å². The second kappa shape index (κ2) is 5.47. The Hall–Kier alpha value is -1.85. The van der Waals surface area contributed by atoms with E-state index in [9.17, 15) is 9.59 Å². The molecule has 6 heteroatoms. The molecular formula is C11H17N3O3. The van der Waals surface area contributed by atoms with E-state index in [0.717, 1.165) is 5.69 Å².